The first-order valence-corrected chi connectivity index (χ1v) is 9.56. The smallest absolute Gasteiger partial charge is 0.250 e. The second-order valence-corrected chi connectivity index (χ2v) is 7.19. The summed E-state index contributed by atoms with van der Waals surface area (Å²) < 4.78 is 4.80. The van der Waals surface area contributed by atoms with Crippen molar-refractivity contribution < 1.29 is 14.3 Å². The molecule has 3 N–H and O–H groups in total. The van der Waals surface area contributed by atoms with Gasteiger partial charge in [0.2, 0.25) is 11.8 Å². The Morgan fingerprint density at radius 1 is 1.00 bits per heavy atom. The second-order valence-electron chi connectivity index (χ2n) is 7.19. The van der Waals surface area contributed by atoms with Crippen molar-refractivity contribution in [3.63, 3.8) is 0 Å². The van der Waals surface area contributed by atoms with Crippen molar-refractivity contribution in [3.8, 4) is 0 Å². The molecule has 0 atom stereocenters. The lowest BCUT2D eigenvalue weighted by Gasteiger charge is -2.42. The third-order valence-electron chi connectivity index (χ3n) is 5.20. The molecule has 1 fully saturated rings. The maximum atomic E-state index is 12.3. The van der Waals surface area contributed by atoms with Crippen molar-refractivity contribution in [1.82, 2.24) is 5.32 Å². The minimum atomic E-state index is -0.218. The topological polar surface area (TPSA) is 79.5 Å². The molecule has 1 aliphatic rings. The average Bonchev–Trinajstić information content (AvgIpc) is 2.67. The van der Waals surface area contributed by atoms with Gasteiger partial charge in [0.25, 0.3) is 0 Å². The van der Waals surface area contributed by atoms with Crippen molar-refractivity contribution in [2.75, 3.05) is 37.4 Å². The zero-order chi connectivity index (χ0) is 19.8. The second kappa shape index (κ2) is 9.37. The van der Waals surface area contributed by atoms with Gasteiger partial charge in [-0.3, -0.25) is 9.59 Å². The lowest BCUT2D eigenvalue weighted by molar-refractivity contribution is -0.120. The molecule has 3 rings (SSSR count). The molecule has 0 bridgehead atoms. The van der Waals surface area contributed by atoms with Crippen molar-refractivity contribution in [2.45, 2.75) is 24.7 Å². The summed E-state index contributed by atoms with van der Waals surface area (Å²) >= 11 is 0. The first kappa shape index (κ1) is 19.9. The molecular formula is C22H27N3O3. The van der Waals surface area contributed by atoms with E-state index in [1.165, 1.54) is 19.1 Å². The normalized spacial score (nSPS) is 14.6. The molecule has 6 nitrogen and oxygen atoms in total. The van der Waals surface area contributed by atoms with Gasteiger partial charge in [-0.05, 0) is 36.6 Å². The number of ether oxygens (including phenoxy) is 1. The summed E-state index contributed by atoms with van der Waals surface area (Å²) in [5.41, 5.74) is 2.80. The molecule has 28 heavy (non-hydrogen) atoms. The van der Waals surface area contributed by atoms with Gasteiger partial charge in [-0.2, -0.15) is 0 Å². The molecule has 0 spiro atoms. The Hall–Kier alpha value is -2.86. The average molecular weight is 381 g/mol. The van der Waals surface area contributed by atoms with E-state index in [1.807, 2.05) is 18.2 Å². The van der Waals surface area contributed by atoms with Crippen LogP contribution < -0.4 is 16.0 Å². The molecule has 0 aliphatic heterocycles. The third-order valence-corrected chi connectivity index (χ3v) is 5.20. The van der Waals surface area contributed by atoms with Crippen LogP contribution in [0, 0.1) is 0 Å². The summed E-state index contributed by atoms with van der Waals surface area (Å²) in [5.74, 6) is -0.264. The molecule has 0 unspecified atom stereocenters. The van der Waals surface area contributed by atoms with Crippen LogP contribution in [0.4, 0.5) is 11.4 Å². The fraction of sp³-hybridized carbons (Fsp3) is 0.364. The largest absolute Gasteiger partial charge is 0.376 e. The van der Waals surface area contributed by atoms with Crippen LogP contribution in [-0.4, -0.2) is 38.6 Å². The molecule has 0 heterocycles. The molecule has 1 aliphatic carbocycles. The van der Waals surface area contributed by atoms with Crippen LogP contribution in [0.25, 0.3) is 0 Å². The predicted octanol–water partition coefficient (Wildman–Crippen LogP) is 2.92. The van der Waals surface area contributed by atoms with Crippen molar-refractivity contribution in [3.05, 3.63) is 60.2 Å². The molecule has 2 aromatic carbocycles. The van der Waals surface area contributed by atoms with E-state index < -0.39 is 0 Å². The summed E-state index contributed by atoms with van der Waals surface area (Å²) in [6, 6.07) is 17.7. The number of amides is 2. The fourth-order valence-corrected chi connectivity index (χ4v) is 3.51. The molecular weight excluding hydrogens is 354 g/mol. The van der Waals surface area contributed by atoms with Gasteiger partial charge in [0.05, 0.1) is 6.54 Å². The van der Waals surface area contributed by atoms with E-state index in [2.05, 4.69) is 40.2 Å². The summed E-state index contributed by atoms with van der Waals surface area (Å²) in [6.07, 6.45) is 3.41. The molecule has 1 saturated carbocycles. The first-order chi connectivity index (χ1) is 13.6. The first-order valence-electron chi connectivity index (χ1n) is 9.56. The highest BCUT2D eigenvalue weighted by Crippen LogP contribution is 2.43. The molecule has 2 aromatic rings. The lowest BCUT2D eigenvalue weighted by Crippen LogP contribution is -2.46. The van der Waals surface area contributed by atoms with Crippen LogP contribution >= 0.6 is 0 Å². The van der Waals surface area contributed by atoms with E-state index in [-0.39, 0.29) is 30.4 Å². The van der Waals surface area contributed by atoms with Gasteiger partial charge in [0.1, 0.15) is 6.61 Å². The van der Waals surface area contributed by atoms with Crippen molar-refractivity contribution >= 4 is 23.2 Å². The monoisotopic (exact) mass is 381 g/mol. The van der Waals surface area contributed by atoms with E-state index in [1.54, 1.807) is 12.1 Å². The molecule has 148 valence electrons. The van der Waals surface area contributed by atoms with E-state index in [0.29, 0.717) is 12.2 Å². The SMILES string of the molecule is COCC(=O)Nc1cccc(NCC(=O)NCC2(c3ccccc3)CCC2)c1. The van der Waals surface area contributed by atoms with Crippen LogP contribution in [0.5, 0.6) is 0 Å². The predicted molar refractivity (Wildman–Crippen MR) is 110 cm³/mol. The maximum absolute atomic E-state index is 12.3. The van der Waals surface area contributed by atoms with E-state index in [9.17, 15) is 9.59 Å². The van der Waals surface area contributed by atoms with Crippen molar-refractivity contribution in [1.29, 1.82) is 0 Å². The minimum Gasteiger partial charge on any atom is -0.376 e. The summed E-state index contributed by atoms with van der Waals surface area (Å²) in [5, 5.41) is 8.92. The summed E-state index contributed by atoms with van der Waals surface area (Å²) in [6.45, 7) is 0.841. The van der Waals surface area contributed by atoms with Gasteiger partial charge < -0.3 is 20.7 Å². The molecule has 6 heteroatoms. The number of methoxy groups -OCH3 is 1. The molecule has 0 aromatic heterocycles. The zero-order valence-corrected chi connectivity index (χ0v) is 16.2. The molecule has 0 radical (unpaired) electrons. The number of carbonyl (C=O) groups is 2. The van der Waals surface area contributed by atoms with Gasteiger partial charge >= 0.3 is 0 Å². The zero-order valence-electron chi connectivity index (χ0n) is 16.2. The number of rotatable bonds is 9. The highest BCUT2D eigenvalue weighted by Gasteiger charge is 2.38. The third kappa shape index (κ3) is 5.10. The van der Waals surface area contributed by atoms with E-state index in [4.69, 9.17) is 4.74 Å². The van der Waals surface area contributed by atoms with Gasteiger partial charge in [-0.25, -0.2) is 0 Å². The Balaban J connectivity index is 1.49. The molecule has 0 saturated heterocycles. The Labute approximate surface area is 165 Å². The van der Waals surface area contributed by atoms with Gasteiger partial charge in [0.15, 0.2) is 0 Å². The highest BCUT2D eigenvalue weighted by atomic mass is 16.5. The number of carbonyl (C=O) groups excluding carboxylic acids is 2. The standard InChI is InChI=1S/C22H27N3O3/c1-28-15-21(27)25-19-10-5-9-18(13-19)23-14-20(26)24-16-22(11-6-12-22)17-7-3-2-4-8-17/h2-5,7-10,13,23H,6,11-12,14-16H2,1H3,(H,24,26)(H,25,27). The van der Waals surface area contributed by atoms with Crippen LogP contribution in [0.15, 0.2) is 54.6 Å². The summed E-state index contributed by atoms with van der Waals surface area (Å²) in [4.78, 5) is 23.9. The van der Waals surface area contributed by atoms with Gasteiger partial charge in [-0.1, -0.05) is 42.8 Å². The van der Waals surface area contributed by atoms with Crippen LogP contribution in [0.2, 0.25) is 0 Å². The van der Waals surface area contributed by atoms with Crippen molar-refractivity contribution in [2.24, 2.45) is 0 Å². The fourth-order valence-electron chi connectivity index (χ4n) is 3.51. The van der Waals surface area contributed by atoms with E-state index >= 15 is 0 Å². The van der Waals surface area contributed by atoms with Gasteiger partial charge in [0, 0.05) is 30.4 Å². The number of benzene rings is 2. The van der Waals surface area contributed by atoms with Gasteiger partial charge in [-0.15, -0.1) is 0 Å². The van der Waals surface area contributed by atoms with Crippen LogP contribution in [0.3, 0.4) is 0 Å². The highest BCUT2D eigenvalue weighted by molar-refractivity contribution is 5.92. The summed E-state index contributed by atoms with van der Waals surface area (Å²) in [7, 11) is 1.47. The number of anilines is 2. The van der Waals surface area contributed by atoms with Crippen LogP contribution in [0.1, 0.15) is 24.8 Å². The van der Waals surface area contributed by atoms with E-state index in [0.717, 1.165) is 18.5 Å². The number of nitrogens with one attached hydrogen (secondary N) is 3. The number of hydrogen-bond donors (Lipinski definition) is 3. The Morgan fingerprint density at radius 3 is 2.43 bits per heavy atom. The molecule has 2 amide bonds. The number of hydrogen-bond acceptors (Lipinski definition) is 4. The Kier molecular flexibility index (Phi) is 6.66. The quantitative estimate of drug-likeness (QED) is 0.624. The lowest BCUT2D eigenvalue weighted by atomic mass is 9.64. The maximum Gasteiger partial charge on any atom is 0.250 e. The minimum absolute atomic E-state index is 0.00320. The Bertz CT molecular complexity index is 804. The Morgan fingerprint density at radius 2 is 1.75 bits per heavy atom. The van der Waals surface area contributed by atoms with Crippen LogP contribution in [-0.2, 0) is 19.7 Å².